The minimum absolute atomic E-state index is 0.181. The van der Waals surface area contributed by atoms with Crippen molar-refractivity contribution in [3.8, 4) is 0 Å². The van der Waals surface area contributed by atoms with E-state index in [0.29, 0.717) is 24.6 Å². The van der Waals surface area contributed by atoms with Crippen molar-refractivity contribution in [2.24, 2.45) is 5.92 Å². The highest BCUT2D eigenvalue weighted by Crippen LogP contribution is 2.22. The smallest absolute Gasteiger partial charge is 0.270 e. The number of hydrogen-bond donors (Lipinski definition) is 2. The molecule has 4 rings (SSSR count). The van der Waals surface area contributed by atoms with E-state index in [1.54, 1.807) is 6.07 Å². The quantitative estimate of drug-likeness (QED) is 0.617. The number of amides is 2. The number of fused-ring (bicyclic) bond motifs is 1. The number of benzene rings is 1. The lowest BCUT2D eigenvalue weighted by Crippen LogP contribution is -2.42. The van der Waals surface area contributed by atoms with Crippen molar-refractivity contribution in [1.29, 1.82) is 0 Å². The highest BCUT2D eigenvalue weighted by atomic mass is 16.3. The van der Waals surface area contributed by atoms with Crippen LogP contribution >= 0.6 is 0 Å². The van der Waals surface area contributed by atoms with Crippen LogP contribution in [0.5, 0.6) is 0 Å². The average molecular weight is 466 g/mol. The number of β-amino-alcohol motifs (C(OH)–C–C–N with tert-alkyl or cyclic N) is 1. The van der Waals surface area contributed by atoms with Gasteiger partial charge in [-0.1, -0.05) is 31.2 Å². The van der Waals surface area contributed by atoms with Crippen LogP contribution in [-0.2, 0) is 24.2 Å². The van der Waals surface area contributed by atoms with Crippen molar-refractivity contribution in [2.75, 3.05) is 32.7 Å². The summed E-state index contributed by atoms with van der Waals surface area (Å²) in [4.78, 5) is 37.1. The van der Waals surface area contributed by atoms with Gasteiger partial charge in [0.25, 0.3) is 5.91 Å². The number of aliphatic hydroxyl groups is 1. The van der Waals surface area contributed by atoms with Gasteiger partial charge in [-0.3, -0.25) is 14.5 Å². The van der Waals surface area contributed by atoms with E-state index in [9.17, 15) is 14.7 Å². The second-order valence-corrected chi connectivity index (χ2v) is 9.39. The maximum atomic E-state index is 12.6. The third kappa shape index (κ3) is 6.39. The van der Waals surface area contributed by atoms with Gasteiger partial charge in [0.1, 0.15) is 12.0 Å². The zero-order valence-corrected chi connectivity index (χ0v) is 19.9. The summed E-state index contributed by atoms with van der Waals surface area (Å²) in [5.41, 5.74) is 3.85. The highest BCUT2D eigenvalue weighted by Gasteiger charge is 2.23. The van der Waals surface area contributed by atoms with Crippen molar-refractivity contribution in [1.82, 2.24) is 25.1 Å². The number of hydrogen-bond acceptors (Lipinski definition) is 6. The van der Waals surface area contributed by atoms with Crippen LogP contribution in [0.15, 0.2) is 36.7 Å². The maximum Gasteiger partial charge on any atom is 0.270 e. The van der Waals surface area contributed by atoms with Crippen molar-refractivity contribution in [2.45, 2.75) is 51.7 Å². The van der Waals surface area contributed by atoms with E-state index in [1.165, 1.54) is 17.5 Å². The van der Waals surface area contributed by atoms with Crippen LogP contribution in [0.2, 0.25) is 0 Å². The first-order valence-electron chi connectivity index (χ1n) is 12.4. The number of aromatic nitrogens is 2. The summed E-state index contributed by atoms with van der Waals surface area (Å²) in [7, 11) is 0. The molecule has 0 spiro atoms. The summed E-state index contributed by atoms with van der Waals surface area (Å²) in [6.45, 7) is 5.90. The lowest BCUT2D eigenvalue weighted by atomic mass is 9.92. The summed E-state index contributed by atoms with van der Waals surface area (Å²) < 4.78 is 0. The van der Waals surface area contributed by atoms with Gasteiger partial charge in [-0.25, -0.2) is 9.97 Å². The van der Waals surface area contributed by atoms with Gasteiger partial charge in [-0.2, -0.15) is 0 Å². The molecule has 0 radical (unpaired) electrons. The summed E-state index contributed by atoms with van der Waals surface area (Å²) >= 11 is 0. The van der Waals surface area contributed by atoms with Crippen LogP contribution in [0.1, 0.15) is 53.5 Å². The fourth-order valence-electron chi connectivity index (χ4n) is 4.91. The summed E-state index contributed by atoms with van der Waals surface area (Å²) in [6.07, 6.45) is 4.99. The molecule has 182 valence electrons. The Morgan fingerprint density at radius 1 is 1.15 bits per heavy atom. The molecule has 3 heterocycles. The molecule has 1 aromatic carbocycles. The van der Waals surface area contributed by atoms with Crippen molar-refractivity contribution in [3.05, 3.63) is 59.2 Å². The molecule has 0 aliphatic carbocycles. The fraction of sp³-hybridized carbons (Fsp3) is 0.538. The minimum atomic E-state index is -0.647. The number of nitrogens with one attached hydrogen (secondary N) is 1. The van der Waals surface area contributed by atoms with Gasteiger partial charge in [-0.15, -0.1) is 0 Å². The summed E-state index contributed by atoms with van der Waals surface area (Å²) in [6, 6.07) is 10.2. The molecule has 1 saturated heterocycles. The maximum absolute atomic E-state index is 12.6. The number of rotatable bonds is 8. The molecule has 2 aromatic rings. The third-order valence-electron chi connectivity index (χ3n) is 6.90. The van der Waals surface area contributed by atoms with Gasteiger partial charge in [0.2, 0.25) is 5.91 Å². The number of likely N-dealkylation sites (tertiary alicyclic amines) is 1. The van der Waals surface area contributed by atoms with Crippen LogP contribution in [0.25, 0.3) is 0 Å². The standard InChI is InChI=1S/C26H35N5O3/c1-2-25(33)31-11-7-19(8-12-31)13-22-14-24(29-18-28-22)26(34)27-15-23(32)17-30-10-9-20-5-3-4-6-21(20)16-30/h3-6,14,18-19,23,32H,2,7-13,15-17H2,1H3,(H,27,34)/t23-/m0/s1. The number of piperidine rings is 1. The summed E-state index contributed by atoms with van der Waals surface area (Å²) in [5, 5.41) is 13.3. The van der Waals surface area contributed by atoms with E-state index in [2.05, 4.69) is 38.4 Å². The molecule has 34 heavy (non-hydrogen) atoms. The Hall–Kier alpha value is -2.84. The molecule has 1 aromatic heterocycles. The van der Waals surface area contributed by atoms with E-state index >= 15 is 0 Å². The second-order valence-electron chi connectivity index (χ2n) is 9.39. The molecule has 0 saturated carbocycles. The van der Waals surface area contributed by atoms with Crippen molar-refractivity contribution in [3.63, 3.8) is 0 Å². The topological polar surface area (TPSA) is 98.7 Å². The van der Waals surface area contributed by atoms with Crippen LogP contribution in [0.4, 0.5) is 0 Å². The van der Waals surface area contributed by atoms with E-state index in [0.717, 1.165) is 57.6 Å². The second kappa shape index (κ2) is 11.5. The molecule has 8 heteroatoms. The molecular formula is C26H35N5O3. The molecular weight excluding hydrogens is 430 g/mol. The van der Waals surface area contributed by atoms with E-state index in [-0.39, 0.29) is 18.4 Å². The van der Waals surface area contributed by atoms with E-state index in [4.69, 9.17) is 0 Å². The van der Waals surface area contributed by atoms with E-state index < -0.39 is 6.10 Å². The number of carbonyl (C=O) groups is 2. The zero-order valence-electron chi connectivity index (χ0n) is 19.9. The Labute approximate surface area is 201 Å². The molecule has 1 fully saturated rings. The SMILES string of the molecule is CCC(=O)N1CCC(Cc2cc(C(=O)NC[C@H](O)CN3CCc4ccccc4C3)ncn2)CC1. The Morgan fingerprint density at radius 2 is 1.91 bits per heavy atom. The molecule has 2 amide bonds. The Morgan fingerprint density at radius 3 is 2.68 bits per heavy atom. The Bertz CT molecular complexity index is 990. The van der Waals surface area contributed by atoms with Gasteiger partial charge >= 0.3 is 0 Å². The molecule has 2 aliphatic rings. The monoisotopic (exact) mass is 465 g/mol. The number of aliphatic hydroxyl groups excluding tert-OH is 1. The van der Waals surface area contributed by atoms with Crippen LogP contribution in [0, 0.1) is 5.92 Å². The number of nitrogens with zero attached hydrogens (tertiary/aromatic N) is 4. The van der Waals surface area contributed by atoms with Gasteiger partial charge in [0.15, 0.2) is 0 Å². The van der Waals surface area contributed by atoms with Gasteiger partial charge in [0.05, 0.1) is 6.10 Å². The van der Waals surface area contributed by atoms with Crippen LogP contribution < -0.4 is 5.32 Å². The first-order valence-corrected chi connectivity index (χ1v) is 12.4. The predicted octanol–water partition coefficient (Wildman–Crippen LogP) is 1.82. The van der Waals surface area contributed by atoms with Gasteiger partial charge in [0, 0.05) is 51.4 Å². The normalized spacial score (nSPS) is 17.8. The first kappa shape index (κ1) is 24.3. The average Bonchev–Trinajstić information content (AvgIpc) is 2.87. The summed E-state index contributed by atoms with van der Waals surface area (Å²) in [5.74, 6) is 0.366. The predicted molar refractivity (Wildman–Crippen MR) is 129 cm³/mol. The Kier molecular flexibility index (Phi) is 8.24. The van der Waals surface area contributed by atoms with Crippen LogP contribution in [0.3, 0.4) is 0 Å². The van der Waals surface area contributed by atoms with Crippen molar-refractivity contribution >= 4 is 11.8 Å². The molecule has 1 atom stereocenters. The third-order valence-corrected chi connectivity index (χ3v) is 6.90. The molecule has 2 aliphatic heterocycles. The molecule has 2 N–H and O–H groups in total. The first-order chi connectivity index (χ1) is 16.5. The zero-order chi connectivity index (χ0) is 23.9. The highest BCUT2D eigenvalue weighted by molar-refractivity contribution is 5.92. The molecule has 8 nitrogen and oxygen atoms in total. The van der Waals surface area contributed by atoms with Gasteiger partial charge < -0.3 is 15.3 Å². The Balaban J connectivity index is 1.22. The minimum Gasteiger partial charge on any atom is -0.390 e. The van der Waals surface area contributed by atoms with E-state index in [1.807, 2.05) is 17.9 Å². The van der Waals surface area contributed by atoms with Crippen LogP contribution in [-0.4, -0.2) is 75.5 Å². The number of carbonyl (C=O) groups excluding carboxylic acids is 2. The largest absolute Gasteiger partial charge is 0.390 e. The lowest BCUT2D eigenvalue weighted by Gasteiger charge is -2.31. The van der Waals surface area contributed by atoms with Crippen molar-refractivity contribution < 1.29 is 14.7 Å². The fourth-order valence-corrected chi connectivity index (χ4v) is 4.91. The lowest BCUT2D eigenvalue weighted by molar-refractivity contribution is -0.132. The molecule has 0 bridgehead atoms. The molecule has 0 unspecified atom stereocenters. The van der Waals surface area contributed by atoms with Gasteiger partial charge in [-0.05, 0) is 48.8 Å².